The Morgan fingerprint density at radius 1 is 1.07 bits per heavy atom. The maximum atomic E-state index is 12.8. The van der Waals surface area contributed by atoms with Crippen LogP contribution in [0.25, 0.3) is 0 Å². The van der Waals surface area contributed by atoms with Crippen LogP contribution in [0.15, 0.2) is 47.4 Å². The number of carbonyl (C=O) groups is 1. The van der Waals surface area contributed by atoms with Gasteiger partial charge in [0, 0.05) is 31.5 Å². The van der Waals surface area contributed by atoms with E-state index in [0.717, 1.165) is 30.0 Å². The molecule has 142 valence electrons. The van der Waals surface area contributed by atoms with Gasteiger partial charge in [0.2, 0.25) is 5.91 Å². The van der Waals surface area contributed by atoms with Crippen LogP contribution in [0, 0.1) is 0 Å². The third-order valence-electron chi connectivity index (χ3n) is 4.91. The molecule has 2 aliphatic rings. The van der Waals surface area contributed by atoms with Gasteiger partial charge in [-0.1, -0.05) is 6.07 Å². The number of sulfonamides is 1. The number of benzene rings is 2. The minimum absolute atomic E-state index is 0.0364. The standard InChI is InChI=1S/C19H21N3O4S/c1-21-18-6-5-17(11-14(18)12-19(21)23)27(24,25)20-15-3-2-4-16(13-15)22-7-9-26-10-8-22/h2-6,11,13,20H,7-10,12H2,1H3. The summed E-state index contributed by atoms with van der Waals surface area (Å²) in [6, 6.07) is 12.1. The molecule has 8 heteroatoms. The summed E-state index contributed by atoms with van der Waals surface area (Å²) in [7, 11) is -2.05. The van der Waals surface area contributed by atoms with Gasteiger partial charge < -0.3 is 14.5 Å². The van der Waals surface area contributed by atoms with Crippen molar-refractivity contribution in [3.63, 3.8) is 0 Å². The van der Waals surface area contributed by atoms with E-state index < -0.39 is 10.0 Å². The molecule has 0 saturated carbocycles. The van der Waals surface area contributed by atoms with Gasteiger partial charge in [-0.2, -0.15) is 0 Å². The number of likely N-dealkylation sites (N-methyl/N-ethyl adjacent to an activating group) is 1. The van der Waals surface area contributed by atoms with Gasteiger partial charge in [-0.25, -0.2) is 8.42 Å². The summed E-state index contributed by atoms with van der Waals surface area (Å²) in [5, 5.41) is 0. The fourth-order valence-electron chi connectivity index (χ4n) is 3.42. The average Bonchev–Trinajstić information content (AvgIpc) is 2.96. The Bertz CT molecular complexity index is 984. The second-order valence-corrected chi connectivity index (χ2v) is 8.36. The van der Waals surface area contributed by atoms with E-state index in [-0.39, 0.29) is 17.2 Å². The van der Waals surface area contributed by atoms with E-state index in [1.54, 1.807) is 30.1 Å². The van der Waals surface area contributed by atoms with E-state index >= 15 is 0 Å². The summed E-state index contributed by atoms with van der Waals surface area (Å²) in [5.41, 5.74) is 2.95. The van der Waals surface area contributed by atoms with Crippen LogP contribution in [-0.4, -0.2) is 47.7 Å². The quantitative estimate of drug-likeness (QED) is 0.866. The van der Waals surface area contributed by atoms with Crippen LogP contribution in [0.3, 0.4) is 0 Å². The molecule has 0 unspecified atom stereocenters. The van der Waals surface area contributed by atoms with Gasteiger partial charge in [-0.15, -0.1) is 0 Å². The molecule has 0 spiro atoms. The van der Waals surface area contributed by atoms with Crippen molar-refractivity contribution in [2.24, 2.45) is 0 Å². The fraction of sp³-hybridized carbons (Fsp3) is 0.316. The summed E-state index contributed by atoms with van der Waals surface area (Å²) >= 11 is 0. The first-order valence-corrected chi connectivity index (χ1v) is 10.3. The predicted octanol–water partition coefficient (Wildman–Crippen LogP) is 1.84. The zero-order chi connectivity index (χ0) is 19.0. The van der Waals surface area contributed by atoms with Gasteiger partial charge in [0.15, 0.2) is 0 Å². The molecular weight excluding hydrogens is 366 g/mol. The van der Waals surface area contributed by atoms with Crippen molar-refractivity contribution in [2.75, 3.05) is 47.9 Å². The molecule has 1 N–H and O–H groups in total. The minimum Gasteiger partial charge on any atom is -0.378 e. The van der Waals surface area contributed by atoms with E-state index in [0.29, 0.717) is 18.9 Å². The molecule has 0 aromatic heterocycles. The lowest BCUT2D eigenvalue weighted by Gasteiger charge is -2.29. The molecule has 1 fully saturated rings. The molecule has 4 rings (SSSR count). The molecule has 0 atom stereocenters. The summed E-state index contributed by atoms with van der Waals surface area (Å²) in [6.45, 7) is 2.89. The highest BCUT2D eigenvalue weighted by Gasteiger charge is 2.26. The van der Waals surface area contributed by atoms with Gasteiger partial charge in [0.05, 0.1) is 30.2 Å². The van der Waals surface area contributed by atoms with Gasteiger partial charge in [-0.05, 0) is 42.0 Å². The number of ether oxygens (including phenoxy) is 1. The van der Waals surface area contributed by atoms with Crippen LogP contribution >= 0.6 is 0 Å². The summed E-state index contributed by atoms with van der Waals surface area (Å²) in [4.78, 5) is 15.7. The molecule has 1 saturated heterocycles. The van der Waals surface area contributed by atoms with Crippen molar-refractivity contribution in [3.05, 3.63) is 48.0 Å². The Labute approximate surface area is 158 Å². The van der Waals surface area contributed by atoms with Crippen molar-refractivity contribution in [2.45, 2.75) is 11.3 Å². The van der Waals surface area contributed by atoms with E-state index in [1.165, 1.54) is 6.07 Å². The SMILES string of the molecule is CN1C(=O)Cc2cc(S(=O)(=O)Nc3cccc(N4CCOCC4)c3)ccc21. The Morgan fingerprint density at radius 3 is 2.63 bits per heavy atom. The molecule has 27 heavy (non-hydrogen) atoms. The normalized spacial score (nSPS) is 17.1. The summed E-state index contributed by atoms with van der Waals surface area (Å²) in [5.74, 6) is -0.0364. The molecular formula is C19H21N3O4S. The first-order valence-electron chi connectivity index (χ1n) is 8.79. The number of rotatable bonds is 4. The van der Waals surface area contributed by atoms with E-state index in [1.807, 2.05) is 18.2 Å². The number of nitrogens with one attached hydrogen (secondary N) is 1. The van der Waals surface area contributed by atoms with E-state index in [4.69, 9.17) is 4.74 Å². The highest BCUT2D eigenvalue weighted by molar-refractivity contribution is 7.92. The number of carbonyl (C=O) groups excluding carboxylic acids is 1. The van der Waals surface area contributed by atoms with Crippen molar-refractivity contribution >= 4 is 33.0 Å². The number of amides is 1. The number of morpholine rings is 1. The number of hydrogen-bond donors (Lipinski definition) is 1. The van der Waals surface area contributed by atoms with Crippen molar-refractivity contribution in [1.82, 2.24) is 0 Å². The second-order valence-electron chi connectivity index (χ2n) is 6.68. The van der Waals surface area contributed by atoms with Crippen molar-refractivity contribution in [3.8, 4) is 0 Å². The lowest BCUT2D eigenvalue weighted by molar-refractivity contribution is -0.117. The van der Waals surface area contributed by atoms with Crippen molar-refractivity contribution < 1.29 is 17.9 Å². The molecule has 0 radical (unpaired) electrons. The molecule has 7 nitrogen and oxygen atoms in total. The molecule has 2 aromatic carbocycles. The molecule has 2 aromatic rings. The van der Waals surface area contributed by atoms with Crippen LogP contribution in [0.4, 0.5) is 17.1 Å². The second kappa shape index (κ2) is 6.86. The molecule has 0 bridgehead atoms. The maximum absolute atomic E-state index is 12.8. The van der Waals surface area contributed by atoms with Crippen LogP contribution in [0.1, 0.15) is 5.56 Å². The summed E-state index contributed by atoms with van der Waals surface area (Å²) in [6.07, 6.45) is 0.224. The number of hydrogen-bond acceptors (Lipinski definition) is 5. The van der Waals surface area contributed by atoms with Crippen LogP contribution in [0.2, 0.25) is 0 Å². The smallest absolute Gasteiger partial charge is 0.261 e. The Kier molecular flexibility index (Phi) is 4.53. The van der Waals surface area contributed by atoms with Gasteiger partial charge in [0.1, 0.15) is 0 Å². The van der Waals surface area contributed by atoms with Crippen LogP contribution < -0.4 is 14.5 Å². The Balaban J connectivity index is 1.57. The fourth-order valence-corrected chi connectivity index (χ4v) is 4.52. The largest absolute Gasteiger partial charge is 0.378 e. The third kappa shape index (κ3) is 3.50. The van der Waals surface area contributed by atoms with Gasteiger partial charge in [-0.3, -0.25) is 9.52 Å². The molecule has 2 heterocycles. The number of nitrogens with zero attached hydrogens (tertiary/aromatic N) is 2. The zero-order valence-corrected chi connectivity index (χ0v) is 15.8. The molecule has 2 aliphatic heterocycles. The number of anilines is 3. The maximum Gasteiger partial charge on any atom is 0.261 e. The summed E-state index contributed by atoms with van der Waals surface area (Å²) < 4.78 is 33.6. The van der Waals surface area contributed by atoms with E-state index in [2.05, 4.69) is 9.62 Å². The van der Waals surface area contributed by atoms with Crippen LogP contribution in [0.5, 0.6) is 0 Å². The zero-order valence-electron chi connectivity index (χ0n) is 15.0. The highest BCUT2D eigenvalue weighted by atomic mass is 32.2. The van der Waals surface area contributed by atoms with Crippen molar-refractivity contribution in [1.29, 1.82) is 0 Å². The third-order valence-corrected chi connectivity index (χ3v) is 6.29. The Morgan fingerprint density at radius 2 is 1.85 bits per heavy atom. The molecule has 0 aliphatic carbocycles. The molecule has 1 amide bonds. The predicted molar refractivity (Wildman–Crippen MR) is 104 cm³/mol. The average molecular weight is 387 g/mol. The number of fused-ring (bicyclic) bond motifs is 1. The first kappa shape index (κ1) is 17.8. The monoisotopic (exact) mass is 387 g/mol. The van der Waals surface area contributed by atoms with Gasteiger partial charge >= 0.3 is 0 Å². The first-order chi connectivity index (χ1) is 12.9. The highest BCUT2D eigenvalue weighted by Crippen LogP contribution is 2.30. The van der Waals surface area contributed by atoms with Gasteiger partial charge in [0.25, 0.3) is 10.0 Å². The van der Waals surface area contributed by atoms with E-state index in [9.17, 15) is 13.2 Å². The lowest BCUT2D eigenvalue weighted by atomic mass is 10.2. The minimum atomic E-state index is -3.74. The topological polar surface area (TPSA) is 79.0 Å². The van der Waals surface area contributed by atoms with Crippen LogP contribution in [-0.2, 0) is 26.0 Å². The Hall–Kier alpha value is -2.58. The lowest BCUT2D eigenvalue weighted by Crippen LogP contribution is -2.36.